The smallest absolute Gasteiger partial charge is 0.224 e. The molecule has 0 unspecified atom stereocenters. The van der Waals surface area contributed by atoms with Crippen LogP contribution in [0.15, 0.2) is 24.3 Å². The summed E-state index contributed by atoms with van der Waals surface area (Å²) in [4.78, 5) is 11.8. The third kappa shape index (κ3) is 9.05. The van der Waals surface area contributed by atoms with Crippen LogP contribution >= 0.6 is 15.9 Å². The first kappa shape index (κ1) is 19.0. The van der Waals surface area contributed by atoms with Crippen LogP contribution in [0, 0.1) is 0 Å². The third-order valence-corrected chi connectivity index (χ3v) is 3.58. The molecule has 0 fully saturated rings. The van der Waals surface area contributed by atoms with Gasteiger partial charge in [-0.05, 0) is 43.5 Å². The van der Waals surface area contributed by atoms with Crippen LogP contribution in [0.4, 0.5) is 5.69 Å². The standard InChI is InChI=1S/C17H26BrNO3/c1-2-3-12-21-13-4-6-17(20)19-15-7-9-16(10-8-15)22-14-5-11-18/h7-10H,2-6,11-14H2,1H3,(H,19,20). The molecule has 0 bridgehead atoms. The second-order valence-electron chi connectivity index (χ2n) is 5.03. The maximum Gasteiger partial charge on any atom is 0.224 e. The van der Waals surface area contributed by atoms with Gasteiger partial charge in [-0.1, -0.05) is 29.3 Å². The Labute approximate surface area is 141 Å². The quantitative estimate of drug-likeness (QED) is 0.437. The lowest BCUT2D eigenvalue weighted by Crippen LogP contribution is -2.12. The van der Waals surface area contributed by atoms with E-state index in [2.05, 4.69) is 28.2 Å². The summed E-state index contributed by atoms with van der Waals surface area (Å²) < 4.78 is 11.0. The van der Waals surface area contributed by atoms with Crippen LogP contribution in [0.2, 0.25) is 0 Å². The largest absolute Gasteiger partial charge is 0.494 e. The van der Waals surface area contributed by atoms with Crippen molar-refractivity contribution in [3.8, 4) is 5.75 Å². The van der Waals surface area contributed by atoms with E-state index in [0.717, 1.165) is 49.1 Å². The zero-order valence-corrected chi connectivity index (χ0v) is 14.9. The van der Waals surface area contributed by atoms with Crippen LogP contribution in [0.25, 0.3) is 0 Å². The Morgan fingerprint density at radius 3 is 2.50 bits per heavy atom. The van der Waals surface area contributed by atoms with Crippen molar-refractivity contribution in [1.29, 1.82) is 0 Å². The second-order valence-corrected chi connectivity index (χ2v) is 5.83. The lowest BCUT2D eigenvalue weighted by atomic mass is 10.2. The highest BCUT2D eigenvalue weighted by Crippen LogP contribution is 2.16. The Morgan fingerprint density at radius 2 is 1.82 bits per heavy atom. The summed E-state index contributed by atoms with van der Waals surface area (Å²) in [5.74, 6) is 0.843. The topological polar surface area (TPSA) is 47.6 Å². The van der Waals surface area contributed by atoms with Gasteiger partial charge in [-0.15, -0.1) is 0 Å². The fraction of sp³-hybridized carbons (Fsp3) is 0.588. The number of amides is 1. The first-order chi connectivity index (χ1) is 10.8. The van der Waals surface area contributed by atoms with E-state index in [1.54, 1.807) is 0 Å². The van der Waals surface area contributed by atoms with Crippen LogP contribution in [0.5, 0.6) is 5.75 Å². The van der Waals surface area contributed by atoms with Gasteiger partial charge in [0, 0.05) is 30.7 Å². The van der Waals surface area contributed by atoms with E-state index < -0.39 is 0 Å². The number of hydrogen-bond acceptors (Lipinski definition) is 3. The molecule has 0 saturated heterocycles. The lowest BCUT2D eigenvalue weighted by Gasteiger charge is -2.08. The van der Waals surface area contributed by atoms with Gasteiger partial charge in [-0.25, -0.2) is 0 Å². The monoisotopic (exact) mass is 371 g/mol. The molecule has 22 heavy (non-hydrogen) atoms. The fourth-order valence-corrected chi connectivity index (χ4v) is 2.01. The number of rotatable bonds is 12. The van der Waals surface area contributed by atoms with Crippen molar-refractivity contribution in [2.75, 3.05) is 30.5 Å². The molecule has 0 saturated carbocycles. The predicted molar refractivity (Wildman–Crippen MR) is 93.9 cm³/mol. The van der Waals surface area contributed by atoms with Crippen LogP contribution < -0.4 is 10.1 Å². The van der Waals surface area contributed by atoms with Gasteiger partial charge in [0.1, 0.15) is 5.75 Å². The molecule has 5 heteroatoms. The highest BCUT2D eigenvalue weighted by molar-refractivity contribution is 9.09. The van der Waals surface area contributed by atoms with Gasteiger partial charge in [0.05, 0.1) is 6.61 Å². The number of carbonyl (C=O) groups is 1. The highest BCUT2D eigenvalue weighted by Gasteiger charge is 2.03. The number of ether oxygens (including phenoxy) is 2. The Bertz CT molecular complexity index is 409. The van der Waals surface area contributed by atoms with Crippen molar-refractivity contribution in [3.63, 3.8) is 0 Å². The van der Waals surface area contributed by atoms with Crippen LogP contribution in [0.1, 0.15) is 39.0 Å². The molecule has 1 aromatic carbocycles. The van der Waals surface area contributed by atoms with Crippen molar-refractivity contribution in [2.45, 2.75) is 39.0 Å². The van der Waals surface area contributed by atoms with Crippen molar-refractivity contribution in [1.82, 2.24) is 0 Å². The summed E-state index contributed by atoms with van der Waals surface area (Å²) in [7, 11) is 0. The molecule has 124 valence electrons. The molecular formula is C17H26BrNO3. The second kappa shape index (κ2) is 12.5. The van der Waals surface area contributed by atoms with Crippen molar-refractivity contribution >= 4 is 27.5 Å². The van der Waals surface area contributed by atoms with E-state index >= 15 is 0 Å². The Kier molecular flexibility index (Phi) is 10.8. The first-order valence-electron chi connectivity index (χ1n) is 7.92. The SMILES string of the molecule is CCCCOCCCC(=O)Nc1ccc(OCCCBr)cc1. The van der Waals surface area contributed by atoms with E-state index in [1.165, 1.54) is 0 Å². The number of benzene rings is 1. The molecule has 0 aliphatic heterocycles. The van der Waals surface area contributed by atoms with Gasteiger partial charge >= 0.3 is 0 Å². The molecule has 1 amide bonds. The van der Waals surface area contributed by atoms with Crippen LogP contribution in [-0.2, 0) is 9.53 Å². The summed E-state index contributed by atoms with van der Waals surface area (Å²) in [5.41, 5.74) is 0.796. The van der Waals surface area contributed by atoms with E-state index in [4.69, 9.17) is 9.47 Å². The van der Waals surface area contributed by atoms with Gasteiger partial charge in [-0.2, -0.15) is 0 Å². The molecule has 1 rings (SSSR count). The fourth-order valence-electron chi connectivity index (χ4n) is 1.79. The van der Waals surface area contributed by atoms with Gasteiger partial charge < -0.3 is 14.8 Å². The van der Waals surface area contributed by atoms with Gasteiger partial charge in [0.15, 0.2) is 0 Å². The number of hydrogen-bond donors (Lipinski definition) is 1. The average molecular weight is 372 g/mol. The van der Waals surface area contributed by atoms with Crippen molar-refractivity contribution < 1.29 is 14.3 Å². The van der Waals surface area contributed by atoms with Gasteiger partial charge in [0.25, 0.3) is 0 Å². The summed E-state index contributed by atoms with van der Waals surface area (Å²) >= 11 is 3.36. The summed E-state index contributed by atoms with van der Waals surface area (Å²) in [6.07, 6.45) is 4.42. The Morgan fingerprint density at radius 1 is 1.09 bits per heavy atom. The lowest BCUT2D eigenvalue weighted by molar-refractivity contribution is -0.116. The molecule has 0 radical (unpaired) electrons. The number of halogens is 1. The minimum atomic E-state index is 0.0204. The molecule has 0 aromatic heterocycles. The normalized spacial score (nSPS) is 10.5. The average Bonchev–Trinajstić information content (AvgIpc) is 2.53. The van der Waals surface area contributed by atoms with Gasteiger partial charge in [0.2, 0.25) is 5.91 Å². The number of anilines is 1. The van der Waals surface area contributed by atoms with Crippen LogP contribution in [-0.4, -0.2) is 31.1 Å². The zero-order valence-electron chi connectivity index (χ0n) is 13.3. The minimum Gasteiger partial charge on any atom is -0.494 e. The number of alkyl halides is 1. The van der Waals surface area contributed by atoms with Crippen LogP contribution in [0.3, 0.4) is 0 Å². The van der Waals surface area contributed by atoms with E-state index in [-0.39, 0.29) is 5.91 Å². The molecule has 0 heterocycles. The third-order valence-electron chi connectivity index (χ3n) is 3.02. The maximum absolute atomic E-state index is 11.8. The molecular weight excluding hydrogens is 346 g/mol. The van der Waals surface area contributed by atoms with Crippen molar-refractivity contribution in [3.05, 3.63) is 24.3 Å². The summed E-state index contributed by atoms with van der Waals surface area (Å²) in [5, 5.41) is 3.81. The molecule has 1 N–H and O–H groups in total. The van der Waals surface area contributed by atoms with E-state index in [1.807, 2.05) is 24.3 Å². The Hall–Kier alpha value is -1.07. The molecule has 0 atom stereocenters. The van der Waals surface area contributed by atoms with Crippen molar-refractivity contribution in [2.24, 2.45) is 0 Å². The molecule has 0 spiro atoms. The number of nitrogens with one attached hydrogen (secondary N) is 1. The number of unbranched alkanes of at least 4 members (excludes halogenated alkanes) is 1. The summed E-state index contributed by atoms with van der Waals surface area (Å²) in [6, 6.07) is 7.47. The molecule has 0 aliphatic rings. The molecule has 1 aromatic rings. The zero-order chi connectivity index (χ0) is 16.0. The number of carbonyl (C=O) groups excluding carboxylic acids is 1. The van der Waals surface area contributed by atoms with Gasteiger partial charge in [-0.3, -0.25) is 4.79 Å². The Balaban J connectivity index is 2.18. The van der Waals surface area contributed by atoms with E-state index in [9.17, 15) is 4.79 Å². The summed E-state index contributed by atoms with van der Waals surface area (Å²) in [6.45, 7) is 4.26. The highest BCUT2D eigenvalue weighted by atomic mass is 79.9. The van der Waals surface area contributed by atoms with E-state index in [0.29, 0.717) is 19.6 Å². The predicted octanol–water partition coefficient (Wildman–Crippen LogP) is 4.39. The first-order valence-corrected chi connectivity index (χ1v) is 9.05. The molecule has 0 aliphatic carbocycles. The minimum absolute atomic E-state index is 0.0204. The molecule has 4 nitrogen and oxygen atoms in total. The maximum atomic E-state index is 11.8.